The lowest BCUT2D eigenvalue weighted by atomic mass is 9.88. The number of non-ortho nitro benzene ring substituents is 1. The summed E-state index contributed by atoms with van der Waals surface area (Å²) in [5, 5.41) is 23.7. The topological polar surface area (TPSA) is 133 Å². The van der Waals surface area contributed by atoms with Gasteiger partial charge in [-0.3, -0.25) is 14.9 Å². The van der Waals surface area contributed by atoms with Crippen molar-refractivity contribution < 1.29 is 24.4 Å². The van der Waals surface area contributed by atoms with Gasteiger partial charge in [-0.1, -0.05) is 31.4 Å². The van der Waals surface area contributed by atoms with E-state index >= 15 is 0 Å². The first-order valence-corrected chi connectivity index (χ1v) is 11.2. The maximum absolute atomic E-state index is 12.8. The second kappa shape index (κ2) is 10.5. The highest BCUT2D eigenvalue weighted by atomic mass is 16.6. The molecule has 10 heteroatoms. The molecule has 1 aromatic rings. The molecule has 0 radical (unpaired) electrons. The number of hydrogen-bond acceptors (Lipinski definition) is 5. The summed E-state index contributed by atoms with van der Waals surface area (Å²) in [5.41, 5.74) is 0.327. The Morgan fingerprint density at radius 2 is 1.97 bits per heavy atom. The Kier molecular flexibility index (Phi) is 7.67. The van der Waals surface area contributed by atoms with Gasteiger partial charge in [-0.05, 0) is 31.7 Å². The number of benzene rings is 1. The van der Waals surface area contributed by atoms with Crippen molar-refractivity contribution in [3.05, 3.63) is 51.2 Å². The SMILES string of the molecule is CC1=C(C(=O)O)C(c2cccc([N+](=O)[O-])c2)N(CCCN(C)C(=O)C2CCCCC2)C(=O)N1. The lowest BCUT2D eigenvalue weighted by Gasteiger charge is -2.37. The van der Waals surface area contributed by atoms with E-state index in [1.807, 2.05) is 0 Å². The normalized spacial score (nSPS) is 19.3. The van der Waals surface area contributed by atoms with Crippen molar-refractivity contribution in [3.8, 4) is 0 Å². The summed E-state index contributed by atoms with van der Waals surface area (Å²) in [6, 6.07) is 4.22. The number of urea groups is 1. The largest absolute Gasteiger partial charge is 0.478 e. The molecule has 10 nitrogen and oxygen atoms in total. The second-order valence-corrected chi connectivity index (χ2v) is 8.67. The smallest absolute Gasteiger partial charge is 0.335 e. The number of carboxylic acid groups (broad SMARTS) is 1. The molecule has 3 amide bonds. The van der Waals surface area contributed by atoms with Gasteiger partial charge in [-0.25, -0.2) is 9.59 Å². The maximum atomic E-state index is 12.8. The van der Waals surface area contributed by atoms with Crippen LogP contribution in [0, 0.1) is 16.0 Å². The molecule has 1 atom stereocenters. The van der Waals surface area contributed by atoms with Crippen LogP contribution in [0.25, 0.3) is 0 Å². The highest BCUT2D eigenvalue weighted by Crippen LogP contribution is 2.35. The monoisotopic (exact) mass is 458 g/mol. The van der Waals surface area contributed by atoms with E-state index in [1.54, 1.807) is 18.0 Å². The van der Waals surface area contributed by atoms with Gasteiger partial charge in [0, 0.05) is 43.9 Å². The summed E-state index contributed by atoms with van der Waals surface area (Å²) in [6.45, 7) is 2.11. The molecule has 0 spiro atoms. The molecule has 1 unspecified atom stereocenters. The Morgan fingerprint density at radius 1 is 1.27 bits per heavy atom. The summed E-state index contributed by atoms with van der Waals surface area (Å²) in [6.07, 6.45) is 5.53. The van der Waals surface area contributed by atoms with Gasteiger partial charge in [0.25, 0.3) is 5.69 Å². The summed E-state index contributed by atoms with van der Waals surface area (Å²) >= 11 is 0. The standard InChI is InChI=1S/C23H30N4O6/c1-15-19(22(29)30)20(17-10-6-11-18(14-17)27(32)33)26(23(31)24-15)13-7-12-25(2)21(28)16-8-4-3-5-9-16/h6,10-11,14,16,20H,3-5,7-9,12-13H2,1-2H3,(H,24,31)(H,29,30). The molecule has 1 aliphatic heterocycles. The minimum Gasteiger partial charge on any atom is -0.478 e. The number of nitro groups is 1. The predicted molar refractivity (Wildman–Crippen MR) is 120 cm³/mol. The van der Waals surface area contributed by atoms with E-state index < -0.39 is 23.0 Å². The van der Waals surface area contributed by atoms with E-state index in [9.17, 15) is 29.6 Å². The molecule has 0 saturated heterocycles. The Bertz CT molecular complexity index is 969. The zero-order chi connectivity index (χ0) is 24.1. The highest BCUT2D eigenvalue weighted by Gasteiger charge is 2.38. The third-order valence-corrected chi connectivity index (χ3v) is 6.39. The van der Waals surface area contributed by atoms with Crippen molar-refractivity contribution in [2.45, 2.75) is 51.5 Å². The maximum Gasteiger partial charge on any atom is 0.335 e. The van der Waals surface area contributed by atoms with Crippen molar-refractivity contribution in [2.24, 2.45) is 5.92 Å². The molecule has 0 aromatic heterocycles. The van der Waals surface area contributed by atoms with Gasteiger partial charge in [0.15, 0.2) is 0 Å². The molecule has 0 bridgehead atoms. The fourth-order valence-corrected chi connectivity index (χ4v) is 4.69. The first-order chi connectivity index (χ1) is 15.7. The highest BCUT2D eigenvalue weighted by molar-refractivity contribution is 5.93. The predicted octanol–water partition coefficient (Wildman–Crippen LogP) is 3.45. The number of allylic oxidation sites excluding steroid dienone is 1. The lowest BCUT2D eigenvalue weighted by Crippen LogP contribution is -2.49. The van der Waals surface area contributed by atoms with Crippen molar-refractivity contribution in [1.82, 2.24) is 15.1 Å². The molecule has 1 aliphatic carbocycles. The second-order valence-electron chi connectivity index (χ2n) is 8.67. The Morgan fingerprint density at radius 3 is 2.61 bits per heavy atom. The molecular formula is C23H30N4O6. The molecule has 1 saturated carbocycles. The number of nitrogens with zero attached hydrogens (tertiary/aromatic N) is 3. The number of nitrogens with one attached hydrogen (secondary N) is 1. The molecule has 1 aromatic carbocycles. The van der Waals surface area contributed by atoms with Gasteiger partial charge < -0.3 is 20.2 Å². The van der Waals surface area contributed by atoms with Crippen LogP contribution < -0.4 is 5.32 Å². The number of amides is 3. The van der Waals surface area contributed by atoms with Crippen LogP contribution in [-0.4, -0.2) is 57.9 Å². The number of carboxylic acids is 1. The van der Waals surface area contributed by atoms with Crippen LogP contribution in [0.2, 0.25) is 0 Å². The molecule has 33 heavy (non-hydrogen) atoms. The van der Waals surface area contributed by atoms with Crippen molar-refractivity contribution in [1.29, 1.82) is 0 Å². The Balaban J connectivity index is 1.79. The van der Waals surface area contributed by atoms with Gasteiger partial charge in [-0.2, -0.15) is 0 Å². The molecule has 1 fully saturated rings. The summed E-state index contributed by atoms with van der Waals surface area (Å²) < 4.78 is 0. The Labute approximate surface area is 192 Å². The third-order valence-electron chi connectivity index (χ3n) is 6.39. The Hall–Kier alpha value is -3.43. The molecule has 2 aliphatic rings. The van der Waals surface area contributed by atoms with Gasteiger partial charge in [0.1, 0.15) is 0 Å². The van der Waals surface area contributed by atoms with Crippen LogP contribution >= 0.6 is 0 Å². The average molecular weight is 459 g/mol. The minimum absolute atomic E-state index is 0.0401. The summed E-state index contributed by atoms with van der Waals surface area (Å²) in [5.74, 6) is -1.06. The summed E-state index contributed by atoms with van der Waals surface area (Å²) in [4.78, 5) is 51.3. The molecular weight excluding hydrogens is 428 g/mol. The number of carbonyl (C=O) groups excluding carboxylic acids is 2. The van der Waals surface area contributed by atoms with Crippen LogP contribution in [-0.2, 0) is 9.59 Å². The average Bonchev–Trinajstić information content (AvgIpc) is 2.79. The molecule has 1 heterocycles. The van der Waals surface area contributed by atoms with Crippen LogP contribution in [0.15, 0.2) is 35.5 Å². The van der Waals surface area contributed by atoms with Crippen LogP contribution in [0.3, 0.4) is 0 Å². The van der Waals surface area contributed by atoms with Gasteiger partial charge in [-0.15, -0.1) is 0 Å². The zero-order valence-corrected chi connectivity index (χ0v) is 19.0. The van der Waals surface area contributed by atoms with E-state index in [4.69, 9.17) is 0 Å². The van der Waals surface area contributed by atoms with Crippen molar-refractivity contribution in [2.75, 3.05) is 20.1 Å². The lowest BCUT2D eigenvalue weighted by molar-refractivity contribution is -0.384. The number of carbonyl (C=O) groups is 3. The molecule has 2 N–H and O–H groups in total. The summed E-state index contributed by atoms with van der Waals surface area (Å²) in [7, 11) is 1.75. The number of aliphatic carboxylic acids is 1. The number of nitro benzene ring substituents is 1. The van der Waals surface area contributed by atoms with Crippen LogP contribution in [0.5, 0.6) is 0 Å². The number of hydrogen-bond donors (Lipinski definition) is 2. The fraction of sp³-hybridized carbons (Fsp3) is 0.522. The third kappa shape index (κ3) is 5.50. The van der Waals surface area contributed by atoms with E-state index in [1.165, 1.54) is 30.0 Å². The van der Waals surface area contributed by atoms with E-state index in [0.29, 0.717) is 18.5 Å². The first kappa shape index (κ1) is 24.2. The molecule has 3 rings (SSSR count). The van der Waals surface area contributed by atoms with Gasteiger partial charge in [0.2, 0.25) is 5.91 Å². The fourth-order valence-electron chi connectivity index (χ4n) is 4.69. The quantitative estimate of drug-likeness (QED) is 0.453. The zero-order valence-electron chi connectivity index (χ0n) is 19.0. The van der Waals surface area contributed by atoms with Gasteiger partial charge >= 0.3 is 12.0 Å². The van der Waals surface area contributed by atoms with E-state index in [0.717, 1.165) is 32.1 Å². The first-order valence-electron chi connectivity index (χ1n) is 11.2. The van der Waals surface area contributed by atoms with Crippen molar-refractivity contribution in [3.63, 3.8) is 0 Å². The van der Waals surface area contributed by atoms with E-state index in [2.05, 4.69) is 5.32 Å². The molecule has 178 valence electrons. The van der Waals surface area contributed by atoms with Crippen LogP contribution in [0.4, 0.5) is 10.5 Å². The minimum atomic E-state index is -1.21. The number of rotatable bonds is 8. The van der Waals surface area contributed by atoms with Gasteiger partial charge in [0.05, 0.1) is 16.5 Å². The van der Waals surface area contributed by atoms with Crippen LogP contribution in [0.1, 0.15) is 57.1 Å². The van der Waals surface area contributed by atoms with E-state index in [-0.39, 0.29) is 35.3 Å². The van der Waals surface area contributed by atoms with Crippen molar-refractivity contribution >= 4 is 23.6 Å².